The van der Waals surface area contributed by atoms with Crippen LogP contribution in [-0.2, 0) is 10.3 Å². The van der Waals surface area contributed by atoms with Gasteiger partial charge in [-0.25, -0.2) is 4.79 Å². The van der Waals surface area contributed by atoms with Crippen LogP contribution in [0.25, 0.3) is 0 Å². The highest BCUT2D eigenvalue weighted by Gasteiger charge is 2.47. The molecular formula is C17H24N2O3. The number of carbonyl (C=O) groups is 1. The fourth-order valence-electron chi connectivity index (χ4n) is 3.12. The van der Waals surface area contributed by atoms with Crippen LogP contribution in [-0.4, -0.2) is 47.9 Å². The largest absolute Gasteiger partial charge is 0.388 e. The summed E-state index contributed by atoms with van der Waals surface area (Å²) in [4.78, 5) is 14.3. The van der Waals surface area contributed by atoms with Crippen molar-refractivity contribution in [2.75, 3.05) is 19.8 Å². The summed E-state index contributed by atoms with van der Waals surface area (Å²) in [5.74, 6) is 0. The first-order valence-electron chi connectivity index (χ1n) is 7.97. The smallest absolute Gasteiger partial charge is 0.318 e. The van der Waals surface area contributed by atoms with Crippen LogP contribution in [0.4, 0.5) is 4.79 Å². The number of rotatable bonds is 4. The lowest BCUT2D eigenvalue weighted by Gasteiger charge is -2.31. The van der Waals surface area contributed by atoms with E-state index in [2.05, 4.69) is 36.5 Å². The van der Waals surface area contributed by atoms with Gasteiger partial charge in [0.2, 0.25) is 0 Å². The number of nitrogens with zero attached hydrogens (tertiary/aromatic N) is 1. The molecule has 1 aliphatic heterocycles. The van der Waals surface area contributed by atoms with E-state index in [4.69, 9.17) is 4.74 Å². The highest BCUT2D eigenvalue weighted by Crippen LogP contribution is 2.45. The number of aliphatic hydroxyl groups is 1. The Morgan fingerprint density at radius 3 is 2.55 bits per heavy atom. The van der Waals surface area contributed by atoms with Crippen LogP contribution < -0.4 is 5.32 Å². The number of hydrogen-bond donors (Lipinski definition) is 2. The maximum atomic E-state index is 12.7. The molecule has 1 aliphatic carbocycles. The summed E-state index contributed by atoms with van der Waals surface area (Å²) in [6.07, 6.45) is 1.33. The standard InChI is InChI=1S/C17H24N2O3/c1-3-19(14-10-22-11-15(14)20)16(21)18-17(8-9-17)13-6-4-12(2)5-7-13/h4-7,14-15,20H,3,8-11H2,1-2H3,(H,18,21)/t14-,15-/m0/s1. The maximum absolute atomic E-state index is 12.7. The van der Waals surface area contributed by atoms with E-state index in [-0.39, 0.29) is 17.6 Å². The molecule has 0 bridgehead atoms. The van der Waals surface area contributed by atoms with Crippen molar-refractivity contribution in [3.05, 3.63) is 35.4 Å². The summed E-state index contributed by atoms with van der Waals surface area (Å²) in [5.41, 5.74) is 2.14. The Morgan fingerprint density at radius 2 is 2.05 bits per heavy atom. The van der Waals surface area contributed by atoms with Crippen molar-refractivity contribution in [1.82, 2.24) is 10.2 Å². The van der Waals surface area contributed by atoms with Gasteiger partial charge in [0.25, 0.3) is 0 Å². The number of likely N-dealkylation sites (N-methyl/N-ethyl adjacent to an activating group) is 1. The molecule has 1 heterocycles. The first-order chi connectivity index (χ1) is 10.6. The molecule has 3 rings (SSSR count). The molecule has 1 aromatic carbocycles. The molecule has 1 saturated carbocycles. The topological polar surface area (TPSA) is 61.8 Å². The molecule has 2 atom stereocenters. The summed E-state index contributed by atoms with van der Waals surface area (Å²) < 4.78 is 5.27. The Hall–Kier alpha value is -1.59. The van der Waals surface area contributed by atoms with E-state index < -0.39 is 6.10 Å². The molecule has 0 radical (unpaired) electrons. The molecule has 22 heavy (non-hydrogen) atoms. The second-order valence-corrected chi connectivity index (χ2v) is 6.34. The van der Waals surface area contributed by atoms with Gasteiger partial charge in [0.05, 0.1) is 30.9 Å². The van der Waals surface area contributed by atoms with Gasteiger partial charge in [-0.1, -0.05) is 29.8 Å². The Labute approximate surface area is 131 Å². The van der Waals surface area contributed by atoms with Crippen LogP contribution in [0.15, 0.2) is 24.3 Å². The zero-order valence-electron chi connectivity index (χ0n) is 13.2. The van der Waals surface area contributed by atoms with Gasteiger partial charge in [0, 0.05) is 6.54 Å². The van der Waals surface area contributed by atoms with Crippen molar-refractivity contribution in [3.8, 4) is 0 Å². The number of nitrogens with one attached hydrogen (secondary N) is 1. The normalized spacial score (nSPS) is 25.8. The highest BCUT2D eigenvalue weighted by atomic mass is 16.5. The van der Waals surface area contributed by atoms with Gasteiger partial charge in [-0.15, -0.1) is 0 Å². The van der Waals surface area contributed by atoms with Crippen molar-refractivity contribution >= 4 is 6.03 Å². The van der Waals surface area contributed by atoms with E-state index in [0.29, 0.717) is 19.8 Å². The van der Waals surface area contributed by atoms with Crippen molar-refractivity contribution < 1.29 is 14.6 Å². The highest BCUT2D eigenvalue weighted by molar-refractivity contribution is 5.76. The number of amides is 2. The third-order valence-electron chi connectivity index (χ3n) is 4.72. The molecule has 1 saturated heterocycles. The zero-order chi connectivity index (χ0) is 15.7. The van der Waals surface area contributed by atoms with Crippen molar-refractivity contribution in [1.29, 1.82) is 0 Å². The lowest BCUT2D eigenvalue weighted by atomic mass is 10.0. The van der Waals surface area contributed by atoms with Crippen LogP contribution in [0.3, 0.4) is 0 Å². The molecule has 2 N–H and O–H groups in total. The third kappa shape index (κ3) is 2.83. The number of benzene rings is 1. The van der Waals surface area contributed by atoms with E-state index >= 15 is 0 Å². The van der Waals surface area contributed by atoms with Gasteiger partial charge in [-0.3, -0.25) is 0 Å². The third-order valence-corrected chi connectivity index (χ3v) is 4.72. The fraction of sp³-hybridized carbons (Fsp3) is 0.588. The molecule has 2 aliphatic rings. The van der Waals surface area contributed by atoms with Crippen LogP contribution in [0.2, 0.25) is 0 Å². The Balaban J connectivity index is 1.71. The molecule has 0 unspecified atom stereocenters. The van der Waals surface area contributed by atoms with E-state index in [1.807, 2.05) is 6.92 Å². The van der Waals surface area contributed by atoms with Crippen LogP contribution in [0, 0.1) is 6.92 Å². The molecule has 0 spiro atoms. The SMILES string of the molecule is CCN(C(=O)NC1(c2ccc(C)cc2)CC1)[C@H]1COC[C@@H]1O. The second-order valence-electron chi connectivity index (χ2n) is 6.34. The Bertz CT molecular complexity index is 539. The predicted octanol–water partition coefficient (Wildman–Crippen LogP) is 1.78. The van der Waals surface area contributed by atoms with Crippen LogP contribution >= 0.6 is 0 Å². The second kappa shape index (κ2) is 5.89. The minimum absolute atomic E-state index is 0.116. The molecular weight excluding hydrogens is 280 g/mol. The summed E-state index contributed by atoms with van der Waals surface area (Å²) in [6, 6.07) is 7.97. The monoisotopic (exact) mass is 304 g/mol. The van der Waals surface area contributed by atoms with E-state index in [9.17, 15) is 9.90 Å². The van der Waals surface area contributed by atoms with Gasteiger partial charge in [0.15, 0.2) is 0 Å². The van der Waals surface area contributed by atoms with Crippen molar-refractivity contribution in [3.63, 3.8) is 0 Å². The van der Waals surface area contributed by atoms with E-state index in [0.717, 1.165) is 18.4 Å². The number of hydrogen-bond acceptors (Lipinski definition) is 3. The average Bonchev–Trinajstić information content (AvgIpc) is 3.16. The van der Waals surface area contributed by atoms with Gasteiger partial charge in [0.1, 0.15) is 0 Å². The first kappa shape index (κ1) is 15.3. The summed E-state index contributed by atoms with van der Waals surface area (Å²) in [7, 11) is 0. The van der Waals surface area contributed by atoms with Crippen molar-refractivity contribution in [2.24, 2.45) is 0 Å². The number of urea groups is 1. The molecule has 5 nitrogen and oxygen atoms in total. The van der Waals surface area contributed by atoms with Crippen LogP contribution in [0.1, 0.15) is 30.9 Å². The summed E-state index contributed by atoms with van der Waals surface area (Å²) in [5, 5.41) is 13.1. The van der Waals surface area contributed by atoms with Gasteiger partial charge in [-0.05, 0) is 32.3 Å². The van der Waals surface area contributed by atoms with Gasteiger partial charge < -0.3 is 20.1 Å². The summed E-state index contributed by atoms with van der Waals surface area (Å²) in [6.45, 7) is 5.25. The quantitative estimate of drug-likeness (QED) is 0.891. The van der Waals surface area contributed by atoms with E-state index in [1.165, 1.54) is 5.56 Å². The molecule has 5 heteroatoms. The number of aliphatic hydroxyl groups excluding tert-OH is 1. The fourth-order valence-corrected chi connectivity index (χ4v) is 3.12. The average molecular weight is 304 g/mol. The first-order valence-corrected chi connectivity index (χ1v) is 7.97. The number of aryl methyl sites for hydroxylation is 1. The number of carbonyl (C=O) groups excluding carboxylic acids is 1. The number of ether oxygens (including phenoxy) is 1. The summed E-state index contributed by atoms with van der Waals surface area (Å²) >= 11 is 0. The Kier molecular flexibility index (Phi) is 4.10. The molecule has 120 valence electrons. The molecule has 1 aromatic rings. The lowest BCUT2D eigenvalue weighted by molar-refractivity contribution is 0.0950. The molecule has 2 fully saturated rings. The van der Waals surface area contributed by atoms with Crippen molar-refractivity contribution in [2.45, 2.75) is 44.4 Å². The predicted molar refractivity (Wildman–Crippen MR) is 83.6 cm³/mol. The minimum atomic E-state index is -0.597. The van der Waals surface area contributed by atoms with Gasteiger partial charge in [-0.2, -0.15) is 0 Å². The minimum Gasteiger partial charge on any atom is -0.388 e. The maximum Gasteiger partial charge on any atom is 0.318 e. The van der Waals surface area contributed by atoms with E-state index in [1.54, 1.807) is 4.90 Å². The Morgan fingerprint density at radius 1 is 1.36 bits per heavy atom. The van der Waals surface area contributed by atoms with Gasteiger partial charge >= 0.3 is 6.03 Å². The lowest BCUT2D eigenvalue weighted by Crippen LogP contribution is -2.52. The zero-order valence-corrected chi connectivity index (χ0v) is 13.2. The molecule has 0 aromatic heterocycles. The van der Waals surface area contributed by atoms with Crippen LogP contribution in [0.5, 0.6) is 0 Å². The molecule has 2 amide bonds.